The van der Waals surface area contributed by atoms with Crippen molar-refractivity contribution in [2.24, 2.45) is 0 Å². The number of ketones is 1. The highest BCUT2D eigenvalue weighted by Crippen LogP contribution is 2.09. The zero-order valence-electron chi connectivity index (χ0n) is 13.1. The lowest BCUT2D eigenvalue weighted by molar-refractivity contribution is -0.121. The number of benzene rings is 1. The van der Waals surface area contributed by atoms with Crippen molar-refractivity contribution < 1.29 is 9.59 Å². The number of hydrogen-bond acceptors (Lipinski definition) is 3. The van der Waals surface area contributed by atoms with Crippen LogP contribution in [-0.2, 0) is 11.2 Å². The normalized spacial score (nSPS) is 15.0. The number of piperidine rings is 1. The van der Waals surface area contributed by atoms with Gasteiger partial charge in [-0.15, -0.1) is 12.4 Å². The number of amides is 1. The summed E-state index contributed by atoms with van der Waals surface area (Å²) in [5.41, 5.74) is 1.91. The minimum absolute atomic E-state index is 0. The van der Waals surface area contributed by atoms with E-state index in [-0.39, 0.29) is 43.0 Å². The second-order valence-electron chi connectivity index (χ2n) is 5.57. The standard InChI is InChI=1S/C17H24N2O2.ClH/c1-2-13-3-5-14(6-4-13)16(20)7-8-17(21)19-15-9-11-18-12-10-15;/h3-6,15,18H,2,7-12H2,1H3,(H,19,21);1H. The Labute approximate surface area is 138 Å². The van der Waals surface area contributed by atoms with Gasteiger partial charge in [0, 0.05) is 24.4 Å². The highest BCUT2D eigenvalue weighted by atomic mass is 35.5. The first-order chi connectivity index (χ1) is 10.2. The average Bonchev–Trinajstić information content (AvgIpc) is 2.53. The molecule has 1 aliphatic rings. The van der Waals surface area contributed by atoms with Gasteiger partial charge in [0.15, 0.2) is 5.78 Å². The number of aryl methyl sites for hydroxylation is 1. The van der Waals surface area contributed by atoms with Gasteiger partial charge < -0.3 is 10.6 Å². The Hall–Kier alpha value is -1.39. The Morgan fingerprint density at radius 3 is 2.36 bits per heavy atom. The highest BCUT2D eigenvalue weighted by Gasteiger charge is 2.16. The van der Waals surface area contributed by atoms with Crippen LogP contribution in [-0.4, -0.2) is 30.8 Å². The Balaban J connectivity index is 0.00000242. The Kier molecular flexibility index (Phi) is 8.13. The molecule has 2 N–H and O–H groups in total. The van der Waals surface area contributed by atoms with Crippen LogP contribution in [0.5, 0.6) is 0 Å². The van der Waals surface area contributed by atoms with Crippen molar-refractivity contribution in [1.29, 1.82) is 0 Å². The number of carbonyl (C=O) groups is 2. The molecule has 0 bridgehead atoms. The monoisotopic (exact) mass is 324 g/mol. The summed E-state index contributed by atoms with van der Waals surface area (Å²) in [5.74, 6) is 0.0264. The van der Waals surface area contributed by atoms with Crippen LogP contribution in [0.2, 0.25) is 0 Å². The predicted molar refractivity (Wildman–Crippen MR) is 90.7 cm³/mol. The maximum atomic E-state index is 12.1. The van der Waals surface area contributed by atoms with E-state index < -0.39 is 0 Å². The summed E-state index contributed by atoms with van der Waals surface area (Å²) < 4.78 is 0. The van der Waals surface area contributed by atoms with Crippen molar-refractivity contribution in [3.05, 3.63) is 35.4 Å². The number of hydrogen-bond donors (Lipinski definition) is 2. The molecule has 1 heterocycles. The second kappa shape index (κ2) is 9.59. The van der Waals surface area contributed by atoms with Gasteiger partial charge in [0.1, 0.15) is 0 Å². The Bertz CT molecular complexity index is 482. The van der Waals surface area contributed by atoms with Gasteiger partial charge in [0.25, 0.3) is 0 Å². The van der Waals surface area contributed by atoms with Crippen molar-refractivity contribution in [3.8, 4) is 0 Å². The van der Waals surface area contributed by atoms with E-state index in [9.17, 15) is 9.59 Å². The van der Waals surface area contributed by atoms with Crippen LogP contribution in [0.4, 0.5) is 0 Å². The van der Waals surface area contributed by atoms with E-state index in [0.717, 1.165) is 32.4 Å². The molecule has 5 heteroatoms. The lowest BCUT2D eigenvalue weighted by Gasteiger charge is -2.23. The Morgan fingerprint density at radius 2 is 1.77 bits per heavy atom. The molecule has 0 spiro atoms. The van der Waals surface area contributed by atoms with Gasteiger partial charge in [-0.05, 0) is 37.9 Å². The van der Waals surface area contributed by atoms with E-state index in [4.69, 9.17) is 0 Å². The van der Waals surface area contributed by atoms with Crippen molar-refractivity contribution in [3.63, 3.8) is 0 Å². The molecule has 4 nitrogen and oxygen atoms in total. The third-order valence-electron chi connectivity index (χ3n) is 3.97. The zero-order valence-corrected chi connectivity index (χ0v) is 13.9. The minimum atomic E-state index is -0.0135. The summed E-state index contributed by atoms with van der Waals surface area (Å²) in [6, 6.07) is 7.92. The molecule has 1 fully saturated rings. The molecule has 1 aromatic rings. The van der Waals surface area contributed by atoms with E-state index in [1.807, 2.05) is 24.3 Å². The molecule has 0 aromatic heterocycles. The fourth-order valence-electron chi connectivity index (χ4n) is 2.56. The smallest absolute Gasteiger partial charge is 0.220 e. The predicted octanol–water partition coefficient (Wildman–Crippen LogP) is 2.50. The topological polar surface area (TPSA) is 58.2 Å². The summed E-state index contributed by atoms with van der Waals surface area (Å²) in [6.07, 6.45) is 3.46. The number of rotatable bonds is 6. The molecule has 1 aliphatic heterocycles. The van der Waals surface area contributed by atoms with Gasteiger partial charge >= 0.3 is 0 Å². The van der Waals surface area contributed by atoms with Gasteiger partial charge in [-0.2, -0.15) is 0 Å². The SMILES string of the molecule is CCc1ccc(C(=O)CCC(=O)NC2CCNCC2)cc1.Cl. The molecular formula is C17H25ClN2O2. The van der Waals surface area contributed by atoms with Gasteiger partial charge in [-0.1, -0.05) is 31.2 Å². The van der Waals surface area contributed by atoms with Gasteiger partial charge in [-0.25, -0.2) is 0 Å². The van der Waals surface area contributed by atoms with E-state index >= 15 is 0 Å². The third-order valence-corrected chi connectivity index (χ3v) is 3.97. The van der Waals surface area contributed by atoms with Gasteiger partial charge in [0.2, 0.25) is 5.91 Å². The maximum absolute atomic E-state index is 12.1. The van der Waals surface area contributed by atoms with Crippen LogP contribution < -0.4 is 10.6 Å². The molecule has 0 atom stereocenters. The van der Waals surface area contributed by atoms with Crippen LogP contribution in [0.1, 0.15) is 48.5 Å². The maximum Gasteiger partial charge on any atom is 0.220 e. The number of halogens is 1. The quantitative estimate of drug-likeness (QED) is 0.790. The summed E-state index contributed by atoms with van der Waals surface area (Å²) in [4.78, 5) is 23.9. The average molecular weight is 325 g/mol. The lowest BCUT2D eigenvalue weighted by Crippen LogP contribution is -2.42. The second-order valence-corrected chi connectivity index (χ2v) is 5.57. The fourth-order valence-corrected chi connectivity index (χ4v) is 2.56. The molecule has 0 aliphatic carbocycles. The number of carbonyl (C=O) groups excluding carboxylic acids is 2. The summed E-state index contributed by atoms with van der Waals surface area (Å²) in [7, 11) is 0. The van der Waals surface area contributed by atoms with Crippen molar-refractivity contribution in [1.82, 2.24) is 10.6 Å². The molecule has 122 valence electrons. The zero-order chi connectivity index (χ0) is 15.1. The first-order valence-corrected chi connectivity index (χ1v) is 7.81. The van der Waals surface area contributed by atoms with E-state index in [1.54, 1.807) is 0 Å². The summed E-state index contributed by atoms with van der Waals surface area (Å²) >= 11 is 0. The molecule has 22 heavy (non-hydrogen) atoms. The van der Waals surface area contributed by atoms with Crippen LogP contribution in [0, 0.1) is 0 Å². The van der Waals surface area contributed by atoms with Gasteiger partial charge in [-0.3, -0.25) is 9.59 Å². The number of nitrogens with one attached hydrogen (secondary N) is 2. The molecule has 1 amide bonds. The fraction of sp³-hybridized carbons (Fsp3) is 0.529. The summed E-state index contributed by atoms with van der Waals surface area (Å²) in [5, 5.41) is 6.28. The molecule has 0 unspecified atom stereocenters. The van der Waals surface area contributed by atoms with Crippen molar-refractivity contribution >= 4 is 24.1 Å². The first-order valence-electron chi connectivity index (χ1n) is 7.81. The van der Waals surface area contributed by atoms with Crippen LogP contribution in [0.15, 0.2) is 24.3 Å². The minimum Gasteiger partial charge on any atom is -0.353 e. The number of Topliss-reactive ketones (excluding diaryl/α,β-unsaturated/α-hetero) is 1. The van der Waals surface area contributed by atoms with Crippen molar-refractivity contribution in [2.75, 3.05) is 13.1 Å². The lowest BCUT2D eigenvalue weighted by atomic mass is 10.0. The molecular weight excluding hydrogens is 300 g/mol. The van der Waals surface area contributed by atoms with Crippen LogP contribution in [0.25, 0.3) is 0 Å². The highest BCUT2D eigenvalue weighted by molar-refractivity contribution is 5.98. The largest absolute Gasteiger partial charge is 0.353 e. The van der Waals surface area contributed by atoms with Crippen molar-refractivity contribution in [2.45, 2.75) is 45.1 Å². The van der Waals surface area contributed by atoms with E-state index in [1.165, 1.54) is 5.56 Å². The van der Waals surface area contributed by atoms with Gasteiger partial charge in [0.05, 0.1) is 0 Å². The molecule has 0 saturated carbocycles. The molecule has 1 aromatic carbocycles. The third kappa shape index (κ3) is 5.78. The van der Waals surface area contributed by atoms with Crippen LogP contribution >= 0.6 is 12.4 Å². The van der Waals surface area contributed by atoms with E-state index in [0.29, 0.717) is 5.56 Å². The summed E-state index contributed by atoms with van der Waals surface area (Å²) in [6.45, 7) is 3.99. The molecule has 1 saturated heterocycles. The molecule has 0 radical (unpaired) electrons. The Morgan fingerprint density at radius 1 is 1.14 bits per heavy atom. The first kappa shape index (κ1) is 18.7. The molecule has 2 rings (SSSR count). The van der Waals surface area contributed by atoms with E-state index in [2.05, 4.69) is 17.6 Å². The van der Waals surface area contributed by atoms with Crippen LogP contribution in [0.3, 0.4) is 0 Å².